The fourth-order valence-corrected chi connectivity index (χ4v) is 6.73. The van der Waals surface area contributed by atoms with Crippen molar-refractivity contribution in [1.29, 1.82) is 0 Å². The number of aryl methyl sites for hydroxylation is 1. The highest BCUT2D eigenvalue weighted by atomic mass is 32.1. The molecule has 8 nitrogen and oxygen atoms in total. The van der Waals surface area contributed by atoms with Crippen molar-refractivity contribution in [2.24, 2.45) is 10.9 Å². The lowest BCUT2D eigenvalue weighted by molar-refractivity contribution is -0.137. The van der Waals surface area contributed by atoms with E-state index in [0.29, 0.717) is 18.5 Å². The average molecular weight is 476 g/mol. The minimum atomic E-state index is 0.0681. The first kappa shape index (κ1) is 21.6. The lowest BCUT2D eigenvalue weighted by Crippen LogP contribution is -2.47. The molecule has 0 saturated carbocycles. The largest absolute Gasteiger partial charge is 0.342 e. The van der Waals surface area contributed by atoms with Crippen molar-refractivity contribution < 1.29 is 4.79 Å². The van der Waals surface area contributed by atoms with Crippen molar-refractivity contribution in [3.8, 4) is 0 Å². The zero-order chi connectivity index (χ0) is 23.2. The second kappa shape index (κ2) is 8.70. The number of amides is 1. The Bertz CT molecular complexity index is 1280. The summed E-state index contributed by atoms with van der Waals surface area (Å²) < 4.78 is 0. The summed E-state index contributed by atoms with van der Waals surface area (Å²) in [5.41, 5.74) is 3.54. The van der Waals surface area contributed by atoms with E-state index in [2.05, 4.69) is 49.2 Å². The number of carbonyl (C=O) groups is 1. The van der Waals surface area contributed by atoms with Gasteiger partial charge in [0.1, 0.15) is 22.8 Å². The second-order valence-electron chi connectivity index (χ2n) is 9.73. The quantitative estimate of drug-likeness (QED) is 0.622. The monoisotopic (exact) mass is 475 g/mol. The van der Waals surface area contributed by atoms with E-state index in [0.717, 1.165) is 78.2 Å². The van der Waals surface area contributed by atoms with Crippen LogP contribution in [0.3, 0.4) is 0 Å². The fraction of sp³-hybridized carbons (Fsp3) is 0.480. The van der Waals surface area contributed by atoms with Crippen LogP contribution in [0.4, 0.5) is 11.6 Å². The summed E-state index contributed by atoms with van der Waals surface area (Å²) in [6.45, 7) is 2.44. The number of hydrogen-bond acceptors (Lipinski definition) is 8. The molecule has 1 atom stereocenters. The molecule has 1 aliphatic carbocycles. The Kier molecular flexibility index (Phi) is 5.53. The molecule has 2 aliphatic heterocycles. The molecule has 1 fully saturated rings. The Morgan fingerprint density at radius 1 is 1.18 bits per heavy atom. The van der Waals surface area contributed by atoms with Crippen molar-refractivity contribution in [3.63, 3.8) is 0 Å². The molecule has 1 N–H and O–H groups in total. The summed E-state index contributed by atoms with van der Waals surface area (Å²) in [4.78, 5) is 37.9. The number of nitrogens with zero attached hydrogens (tertiary/aromatic N) is 6. The molecule has 0 aromatic carbocycles. The van der Waals surface area contributed by atoms with E-state index in [9.17, 15) is 4.79 Å². The van der Waals surface area contributed by atoms with Crippen LogP contribution < -0.4 is 5.32 Å². The molecule has 34 heavy (non-hydrogen) atoms. The maximum atomic E-state index is 13.3. The average Bonchev–Trinajstić information content (AvgIpc) is 3.47. The maximum absolute atomic E-state index is 13.3. The molecular weight excluding hydrogens is 446 g/mol. The number of aliphatic imine (C=N–C) groups is 1. The summed E-state index contributed by atoms with van der Waals surface area (Å²) in [5, 5.41) is 4.50. The molecule has 0 unspecified atom stereocenters. The highest BCUT2D eigenvalue weighted by molar-refractivity contribution is 7.19. The predicted molar refractivity (Wildman–Crippen MR) is 135 cm³/mol. The summed E-state index contributed by atoms with van der Waals surface area (Å²) in [7, 11) is 4.26. The number of rotatable bonds is 4. The minimum absolute atomic E-state index is 0.0681. The van der Waals surface area contributed by atoms with Crippen LogP contribution in [0, 0.1) is 5.92 Å². The molecule has 5 heterocycles. The molecule has 0 spiro atoms. The third kappa shape index (κ3) is 3.86. The Morgan fingerprint density at radius 3 is 2.85 bits per heavy atom. The molecule has 176 valence electrons. The zero-order valence-corrected chi connectivity index (χ0v) is 20.4. The van der Waals surface area contributed by atoms with Crippen LogP contribution in [-0.4, -0.2) is 70.1 Å². The molecule has 6 rings (SSSR count). The van der Waals surface area contributed by atoms with Gasteiger partial charge >= 0.3 is 0 Å². The van der Waals surface area contributed by atoms with Gasteiger partial charge in [-0.2, -0.15) is 0 Å². The van der Waals surface area contributed by atoms with E-state index >= 15 is 0 Å². The number of hydrogen-bond donors (Lipinski definition) is 1. The number of pyridine rings is 1. The Balaban J connectivity index is 1.21. The smallest absolute Gasteiger partial charge is 0.226 e. The van der Waals surface area contributed by atoms with Crippen molar-refractivity contribution in [2.45, 2.75) is 44.7 Å². The number of nitrogens with one attached hydrogen (secondary N) is 1. The van der Waals surface area contributed by atoms with Crippen molar-refractivity contribution in [2.75, 3.05) is 32.5 Å². The highest BCUT2D eigenvalue weighted by Crippen LogP contribution is 2.41. The molecule has 0 bridgehead atoms. The summed E-state index contributed by atoms with van der Waals surface area (Å²) in [6.07, 6.45) is 10.1. The first-order chi connectivity index (χ1) is 16.6. The van der Waals surface area contributed by atoms with Crippen LogP contribution in [0.15, 0.2) is 23.6 Å². The van der Waals surface area contributed by atoms with Crippen molar-refractivity contribution in [3.05, 3.63) is 40.2 Å². The zero-order valence-electron chi connectivity index (χ0n) is 19.6. The van der Waals surface area contributed by atoms with Gasteiger partial charge in [-0.05, 0) is 57.8 Å². The number of anilines is 2. The molecule has 1 amide bonds. The van der Waals surface area contributed by atoms with E-state index < -0.39 is 0 Å². The van der Waals surface area contributed by atoms with Crippen LogP contribution in [-0.2, 0) is 24.2 Å². The molecule has 3 aromatic rings. The molecule has 0 radical (unpaired) electrons. The third-order valence-corrected chi connectivity index (χ3v) is 8.62. The summed E-state index contributed by atoms with van der Waals surface area (Å²) in [5.74, 6) is 1.95. The van der Waals surface area contributed by atoms with Gasteiger partial charge in [-0.25, -0.2) is 15.0 Å². The molecule has 9 heteroatoms. The van der Waals surface area contributed by atoms with Crippen LogP contribution in [0.25, 0.3) is 10.2 Å². The maximum Gasteiger partial charge on any atom is 0.226 e. The van der Waals surface area contributed by atoms with Gasteiger partial charge in [-0.3, -0.25) is 9.79 Å². The molecule has 1 saturated heterocycles. The highest BCUT2D eigenvalue weighted by Gasteiger charge is 2.33. The van der Waals surface area contributed by atoms with Gasteiger partial charge in [-0.15, -0.1) is 11.3 Å². The van der Waals surface area contributed by atoms with Crippen LogP contribution >= 0.6 is 11.3 Å². The third-order valence-electron chi connectivity index (χ3n) is 7.46. The van der Waals surface area contributed by atoms with Crippen LogP contribution in [0.1, 0.15) is 40.8 Å². The Morgan fingerprint density at radius 2 is 2.03 bits per heavy atom. The van der Waals surface area contributed by atoms with Crippen molar-refractivity contribution >= 4 is 45.3 Å². The van der Waals surface area contributed by atoms with Gasteiger partial charge in [0.05, 0.1) is 11.9 Å². The van der Waals surface area contributed by atoms with Gasteiger partial charge in [0.15, 0.2) is 0 Å². The van der Waals surface area contributed by atoms with Gasteiger partial charge in [0.2, 0.25) is 5.91 Å². The van der Waals surface area contributed by atoms with Gasteiger partial charge < -0.3 is 15.1 Å². The Hall–Kier alpha value is -2.91. The number of fused-ring (bicyclic) bond motifs is 4. The van der Waals surface area contributed by atoms with Gasteiger partial charge in [0, 0.05) is 53.5 Å². The van der Waals surface area contributed by atoms with Gasteiger partial charge in [-0.1, -0.05) is 0 Å². The predicted octanol–water partition coefficient (Wildman–Crippen LogP) is 3.42. The van der Waals surface area contributed by atoms with E-state index in [-0.39, 0.29) is 5.92 Å². The summed E-state index contributed by atoms with van der Waals surface area (Å²) >= 11 is 1.71. The van der Waals surface area contributed by atoms with E-state index in [1.807, 2.05) is 18.5 Å². The second-order valence-corrected chi connectivity index (χ2v) is 10.8. The normalized spacial score (nSPS) is 20.1. The van der Waals surface area contributed by atoms with E-state index in [1.54, 1.807) is 17.7 Å². The number of piperidine rings is 1. The number of likely N-dealkylation sites (tertiary alicyclic amines) is 1. The molecule has 3 aliphatic rings. The van der Waals surface area contributed by atoms with Crippen LogP contribution in [0.5, 0.6) is 0 Å². The lowest BCUT2D eigenvalue weighted by atomic mass is 9.86. The van der Waals surface area contributed by atoms with E-state index in [1.165, 1.54) is 10.4 Å². The lowest BCUT2D eigenvalue weighted by Gasteiger charge is -2.37. The first-order valence-corrected chi connectivity index (χ1v) is 12.8. The standard InChI is InChI=1S/C25H29N7OS/c1-31(2)18-5-7-32(8-6-18)25(33)15-3-4-19-20(9-15)34-24-22(19)23(28-14-29-24)30-21-10-16-11-26-12-17(16)13-27-21/h10-11,13-15,18H,3-9,12H2,1-2H3,(H,27,28,29,30)/t15-/m0/s1. The van der Waals surface area contributed by atoms with E-state index in [4.69, 9.17) is 0 Å². The topological polar surface area (TPSA) is 86.6 Å². The first-order valence-electron chi connectivity index (χ1n) is 12.0. The number of thiophene rings is 1. The fourth-order valence-electron chi connectivity index (χ4n) is 5.46. The van der Waals surface area contributed by atoms with Crippen LogP contribution in [0.2, 0.25) is 0 Å². The number of aromatic nitrogens is 3. The van der Waals surface area contributed by atoms with Crippen molar-refractivity contribution in [1.82, 2.24) is 24.8 Å². The molecule has 3 aromatic heterocycles. The molecular formula is C25H29N7OS. The minimum Gasteiger partial charge on any atom is -0.342 e. The number of carbonyl (C=O) groups excluding carboxylic acids is 1. The van der Waals surface area contributed by atoms with Gasteiger partial charge in [0.25, 0.3) is 0 Å². The summed E-state index contributed by atoms with van der Waals surface area (Å²) in [6, 6.07) is 2.61. The Labute approximate surface area is 203 Å². The SMILES string of the molecule is CN(C)C1CCN(C(=O)[C@H]2CCc3c(sc4ncnc(Nc5cc6c(cn5)CN=C6)c34)C2)CC1.